The van der Waals surface area contributed by atoms with Gasteiger partial charge in [0.05, 0.1) is 33.6 Å². The Balaban J connectivity index is 1.01. The van der Waals surface area contributed by atoms with Gasteiger partial charge in [0.15, 0.2) is 0 Å². The fourth-order valence-electron chi connectivity index (χ4n) is 7.71. The van der Waals surface area contributed by atoms with Gasteiger partial charge in [0.1, 0.15) is 28.5 Å². The summed E-state index contributed by atoms with van der Waals surface area (Å²) in [5, 5.41) is 7.95. The summed E-state index contributed by atoms with van der Waals surface area (Å²) in [5.41, 5.74) is 4.27. The Kier molecular flexibility index (Phi) is 8.29. The van der Waals surface area contributed by atoms with Gasteiger partial charge >= 0.3 is 0 Å². The highest BCUT2D eigenvalue weighted by Gasteiger charge is 2.48. The van der Waals surface area contributed by atoms with Gasteiger partial charge in [-0.25, -0.2) is 9.80 Å². The van der Waals surface area contributed by atoms with Crippen LogP contribution in [0.5, 0.6) is 0 Å². The molecule has 1 N–H and O–H groups in total. The predicted octanol–water partition coefficient (Wildman–Crippen LogP) is 7.96. The van der Waals surface area contributed by atoms with Crippen LogP contribution in [0.1, 0.15) is 47.0 Å². The molecule has 2 aliphatic heterocycles. The number of hydrogen-bond acceptors (Lipinski definition) is 5. The van der Waals surface area contributed by atoms with Crippen LogP contribution in [0.2, 0.25) is 0 Å². The summed E-state index contributed by atoms with van der Waals surface area (Å²) >= 11 is 0. The van der Waals surface area contributed by atoms with Gasteiger partial charge in [-0.3, -0.25) is 19.2 Å². The average molecular weight is 735 g/mol. The molecular formula is C47H33N3O4P+. The number of nitrogens with zero attached hydrogens (tertiary/aromatic N) is 2. The standard InChI is InChI=1S/C47H32N3O4P/c1-31-12-11-13-35(28-31)50-45(52)41-27-21-33(30-43(41)47(50)54)48-32-20-26-40-42(29-32)46(53)49(44(40)51)34-22-24-39(25-23-34)55(36-14-5-2-6-15-36,37-16-7-3-8-17-37)38-18-9-4-10-19-38/h2-30H,1H3/p+1. The molecule has 2 heterocycles. The Bertz CT molecular complexity index is 2570. The van der Waals surface area contributed by atoms with Crippen LogP contribution in [-0.2, 0) is 0 Å². The first-order chi connectivity index (χ1) is 26.8. The molecule has 0 saturated carbocycles. The zero-order valence-corrected chi connectivity index (χ0v) is 30.6. The monoisotopic (exact) mass is 734 g/mol. The number of nitrogens with one attached hydrogen (secondary N) is 1. The number of amides is 4. The van der Waals surface area contributed by atoms with Crippen LogP contribution in [0.3, 0.4) is 0 Å². The molecule has 9 rings (SSSR count). The highest BCUT2D eigenvalue weighted by atomic mass is 31.2. The lowest BCUT2D eigenvalue weighted by molar-refractivity contribution is 0.0910. The number of rotatable bonds is 8. The van der Waals surface area contributed by atoms with E-state index < -0.39 is 25.0 Å². The number of hydrogen-bond donors (Lipinski definition) is 1. The Morgan fingerprint density at radius 1 is 0.382 bits per heavy atom. The largest absolute Gasteiger partial charge is 0.355 e. The molecule has 0 aromatic heterocycles. The summed E-state index contributed by atoms with van der Waals surface area (Å²) in [6, 6.07) is 56.6. The number of fused-ring (bicyclic) bond motifs is 2. The predicted molar refractivity (Wildman–Crippen MR) is 221 cm³/mol. The van der Waals surface area contributed by atoms with E-state index in [1.165, 1.54) is 25.7 Å². The molecule has 0 atom stereocenters. The molecule has 2 aliphatic rings. The molecule has 8 heteroatoms. The summed E-state index contributed by atoms with van der Waals surface area (Å²) in [6.07, 6.45) is 0. The fourth-order valence-corrected chi connectivity index (χ4v) is 12.0. The number of carbonyl (C=O) groups excluding carboxylic acids is 4. The van der Waals surface area contributed by atoms with Crippen molar-refractivity contribution in [2.24, 2.45) is 0 Å². The molecule has 0 unspecified atom stereocenters. The van der Waals surface area contributed by atoms with E-state index in [0.29, 0.717) is 33.9 Å². The lowest BCUT2D eigenvalue weighted by Gasteiger charge is -2.28. The van der Waals surface area contributed by atoms with Gasteiger partial charge in [-0.05, 0) is 122 Å². The van der Waals surface area contributed by atoms with Gasteiger partial charge in [0.2, 0.25) is 0 Å². The first-order valence-electron chi connectivity index (χ1n) is 17.9. The quantitative estimate of drug-likeness (QED) is 0.127. The van der Waals surface area contributed by atoms with Crippen molar-refractivity contribution in [2.45, 2.75) is 6.92 Å². The zero-order chi connectivity index (χ0) is 37.7. The van der Waals surface area contributed by atoms with E-state index in [2.05, 4.69) is 78.1 Å². The Hall–Kier alpha value is -6.95. The molecule has 0 aliphatic carbocycles. The minimum Gasteiger partial charge on any atom is -0.355 e. The van der Waals surface area contributed by atoms with Gasteiger partial charge in [0.25, 0.3) is 23.6 Å². The molecule has 55 heavy (non-hydrogen) atoms. The highest BCUT2D eigenvalue weighted by Crippen LogP contribution is 2.54. The fraction of sp³-hybridized carbons (Fsp3) is 0.0213. The Morgan fingerprint density at radius 3 is 1.25 bits per heavy atom. The molecule has 264 valence electrons. The van der Waals surface area contributed by atoms with Crippen LogP contribution in [0.15, 0.2) is 176 Å². The van der Waals surface area contributed by atoms with Crippen molar-refractivity contribution in [3.8, 4) is 0 Å². The minimum absolute atomic E-state index is 0.275. The van der Waals surface area contributed by atoms with Crippen LogP contribution < -0.4 is 36.3 Å². The Labute approximate surface area is 318 Å². The summed E-state index contributed by atoms with van der Waals surface area (Å²) in [4.78, 5) is 56.8. The van der Waals surface area contributed by atoms with E-state index in [1.54, 1.807) is 48.5 Å². The molecule has 4 amide bonds. The zero-order valence-electron chi connectivity index (χ0n) is 29.7. The van der Waals surface area contributed by atoms with Gasteiger partial charge in [-0.15, -0.1) is 0 Å². The molecule has 0 spiro atoms. The number of aryl methyl sites for hydroxylation is 1. The third kappa shape index (κ3) is 5.56. The molecule has 7 nitrogen and oxygen atoms in total. The second kappa shape index (κ2) is 13.5. The minimum atomic E-state index is -2.36. The van der Waals surface area contributed by atoms with Crippen molar-refractivity contribution in [2.75, 3.05) is 15.1 Å². The summed E-state index contributed by atoms with van der Waals surface area (Å²) < 4.78 is 0. The van der Waals surface area contributed by atoms with Crippen molar-refractivity contribution in [3.63, 3.8) is 0 Å². The van der Waals surface area contributed by atoms with Crippen LogP contribution in [0.4, 0.5) is 22.7 Å². The average Bonchev–Trinajstić information content (AvgIpc) is 3.62. The Morgan fingerprint density at radius 2 is 0.800 bits per heavy atom. The summed E-state index contributed by atoms with van der Waals surface area (Å²) in [5.74, 6) is -1.59. The van der Waals surface area contributed by atoms with Crippen LogP contribution >= 0.6 is 7.26 Å². The highest BCUT2D eigenvalue weighted by molar-refractivity contribution is 8.01. The number of benzene rings is 7. The molecule has 0 fully saturated rings. The summed E-state index contributed by atoms with van der Waals surface area (Å²) in [7, 11) is -2.36. The molecule has 0 bridgehead atoms. The molecule has 7 aromatic rings. The van der Waals surface area contributed by atoms with Crippen molar-refractivity contribution in [3.05, 3.63) is 204 Å². The van der Waals surface area contributed by atoms with E-state index in [9.17, 15) is 19.2 Å². The normalized spacial score (nSPS) is 13.6. The van der Waals surface area contributed by atoms with Gasteiger partial charge in [-0.2, -0.15) is 0 Å². The van der Waals surface area contributed by atoms with E-state index in [0.717, 1.165) is 10.9 Å². The number of imide groups is 2. The maximum Gasteiger partial charge on any atom is 0.266 e. The van der Waals surface area contributed by atoms with Gasteiger partial charge in [-0.1, -0.05) is 66.7 Å². The smallest absolute Gasteiger partial charge is 0.266 e. The van der Waals surface area contributed by atoms with Crippen molar-refractivity contribution in [1.82, 2.24) is 0 Å². The van der Waals surface area contributed by atoms with Crippen molar-refractivity contribution in [1.29, 1.82) is 0 Å². The number of carbonyl (C=O) groups is 4. The van der Waals surface area contributed by atoms with Crippen molar-refractivity contribution >= 4 is 74.9 Å². The number of anilines is 4. The van der Waals surface area contributed by atoms with E-state index in [1.807, 2.05) is 61.5 Å². The van der Waals surface area contributed by atoms with Gasteiger partial charge < -0.3 is 5.32 Å². The van der Waals surface area contributed by atoms with Crippen LogP contribution in [0.25, 0.3) is 0 Å². The SMILES string of the molecule is Cc1cccc(N2C(=O)c3ccc(Nc4ccc5c(c4)C(=O)N(c4ccc([P+](c6ccccc6)(c6ccccc6)c6ccccc6)cc4)C5=O)cc3C2=O)c1. The first kappa shape index (κ1) is 33.9. The lowest BCUT2D eigenvalue weighted by Crippen LogP contribution is -2.38. The molecule has 0 radical (unpaired) electrons. The topological polar surface area (TPSA) is 86.8 Å². The molecular weight excluding hydrogens is 702 g/mol. The van der Waals surface area contributed by atoms with E-state index in [-0.39, 0.29) is 17.0 Å². The molecule has 0 saturated heterocycles. The second-order valence-corrected chi connectivity index (χ2v) is 17.0. The maximum absolute atomic E-state index is 14.0. The third-order valence-corrected chi connectivity index (χ3v) is 14.5. The lowest BCUT2D eigenvalue weighted by atomic mass is 10.1. The molecule has 7 aromatic carbocycles. The third-order valence-electron chi connectivity index (χ3n) is 10.2. The van der Waals surface area contributed by atoms with E-state index in [4.69, 9.17) is 0 Å². The van der Waals surface area contributed by atoms with Crippen molar-refractivity contribution < 1.29 is 19.2 Å². The first-order valence-corrected chi connectivity index (χ1v) is 19.7. The van der Waals surface area contributed by atoms with Crippen LogP contribution in [-0.4, -0.2) is 23.6 Å². The summed E-state index contributed by atoms with van der Waals surface area (Å²) in [6.45, 7) is 1.91. The second-order valence-electron chi connectivity index (χ2n) is 13.6. The van der Waals surface area contributed by atoms with Crippen LogP contribution in [0, 0.1) is 6.92 Å². The van der Waals surface area contributed by atoms with E-state index >= 15 is 0 Å². The maximum atomic E-state index is 14.0. The van der Waals surface area contributed by atoms with Gasteiger partial charge in [0, 0.05) is 11.4 Å².